The molecule has 1 heterocycles. The highest BCUT2D eigenvalue weighted by Gasteiger charge is 2.40. The third-order valence-electron chi connectivity index (χ3n) is 6.82. The maximum Gasteiger partial charge on any atom is 0.225 e. The van der Waals surface area contributed by atoms with Crippen molar-refractivity contribution in [3.63, 3.8) is 0 Å². The van der Waals surface area contributed by atoms with E-state index in [1.807, 2.05) is 4.90 Å². The lowest BCUT2D eigenvalue weighted by molar-refractivity contribution is -0.141. The molecule has 144 valence electrons. The van der Waals surface area contributed by atoms with Gasteiger partial charge in [-0.05, 0) is 62.8 Å². The highest BCUT2D eigenvalue weighted by Crippen LogP contribution is 2.38. The van der Waals surface area contributed by atoms with E-state index in [1.165, 1.54) is 25.7 Å². The van der Waals surface area contributed by atoms with Crippen LogP contribution in [0.5, 0.6) is 0 Å². The van der Waals surface area contributed by atoms with Crippen LogP contribution in [0.1, 0.15) is 51.4 Å². The van der Waals surface area contributed by atoms with Crippen LogP contribution in [0.2, 0.25) is 0 Å². The van der Waals surface area contributed by atoms with Crippen LogP contribution in [0, 0.1) is 23.7 Å². The molecule has 5 nitrogen and oxygen atoms in total. The summed E-state index contributed by atoms with van der Waals surface area (Å²) in [6.07, 6.45) is 6.28. The van der Waals surface area contributed by atoms with E-state index in [-0.39, 0.29) is 11.8 Å². The molecule has 0 radical (unpaired) electrons. The van der Waals surface area contributed by atoms with Crippen molar-refractivity contribution in [3.05, 3.63) is 0 Å². The van der Waals surface area contributed by atoms with Gasteiger partial charge < -0.3 is 20.8 Å². The first-order chi connectivity index (χ1) is 12.0. The van der Waals surface area contributed by atoms with Crippen molar-refractivity contribution in [2.45, 2.75) is 69.0 Å². The summed E-state index contributed by atoms with van der Waals surface area (Å²) in [6.45, 7) is 2.44. The molecule has 1 amide bonds. The van der Waals surface area contributed by atoms with Crippen molar-refractivity contribution in [1.29, 1.82) is 0 Å². The number of carbonyl (C=O) groups excluding carboxylic acids is 1. The highest BCUT2D eigenvalue weighted by atomic mass is 35.5. The molecule has 3 rings (SSSR count). The van der Waals surface area contributed by atoms with Crippen molar-refractivity contribution >= 4 is 17.5 Å². The van der Waals surface area contributed by atoms with Gasteiger partial charge in [-0.1, -0.05) is 12.8 Å². The molecule has 2 aliphatic carbocycles. The van der Waals surface area contributed by atoms with E-state index in [0.717, 1.165) is 44.3 Å². The lowest BCUT2D eigenvalue weighted by atomic mass is 9.72. The average Bonchev–Trinajstić information content (AvgIpc) is 2.65. The smallest absolute Gasteiger partial charge is 0.225 e. The average molecular weight is 373 g/mol. The van der Waals surface area contributed by atoms with Crippen LogP contribution in [-0.4, -0.2) is 58.2 Å². The number of nitrogens with two attached hydrogens (primary N) is 1. The van der Waals surface area contributed by atoms with Crippen LogP contribution in [0.4, 0.5) is 0 Å². The fourth-order valence-electron chi connectivity index (χ4n) is 5.21. The number of rotatable bonds is 3. The van der Waals surface area contributed by atoms with Gasteiger partial charge in [0.25, 0.3) is 0 Å². The molecule has 0 aromatic carbocycles. The van der Waals surface area contributed by atoms with E-state index in [4.69, 9.17) is 17.3 Å². The first kappa shape index (κ1) is 19.4. The number of likely N-dealkylation sites (tertiary alicyclic amines) is 1. The SMILES string of the molecule is NCC1CCCC(C2CCN(C(=O)C3CC(O)C(O)C(Cl)C3)CC2)C1. The Morgan fingerprint density at radius 3 is 2.40 bits per heavy atom. The second-order valence-corrected chi connectivity index (χ2v) is 8.99. The number of amides is 1. The molecule has 3 aliphatic rings. The normalized spacial score (nSPS) is 40.9. The maximum absolute atomic E-state index is 12.8. The molecule has 0 aromatic rings. The third-order valence-corrected chi connectivity index (χ3v) is 7.26. The Bertz CT molecular complexity index is 444. The van der Waals surface area contributed by atoms with Gasteiger partial charge in [0.15, 0.2) is 0 Å². The fraction of sp³-hybridized carbons (Fsp3) is 0.947. The highest BCUT2D eigenvalue weighted by molar-refractivity contribution is 6.21. The van der Waals surface area contributed by atoms with Gasteiger partial charge in [-0.2, -0.15) is 0 Å². The zero-order valence-electron chi connectivity index (χ0n) is 15.0. The Hall–Kier alpha value is -0.360. The maximum atomic E-state index is 12.8. The van der Waals surface area contributed by atoms with Crippen molar-refractivity contribution in [1.82, 2.24) is 4.90 Å². The van der Waals surface area contributed by atoms with Crippen molar-refractivity contribution in [2.75, 3.05) is 19.6 Å². The molecule has 25 heavy (non-hydrogen) atoms. The minimum Gasteiger partial charge on any atom is -0.390 e. The standard InChI is InChI=1S/C19H33ClN2O3/c20-16-9-15(10-17(23)18(16)24)19(25)22-6-4-13(5-7-22)14-3-1-2-12(8-14)11-21/h12-18,23-24H,1-11,21H2. The van der Waals surface area contributed by atoms with E-state index in [9.17, 15) is 15.0 Å². The Morgan fingerprint density at radius 1 is 1.04 bits per heavy atom. The fourth-order valence-corrected chi connectivity index (χ4v) is 5.59. The Labute approximate surface area is 155 Å². The van der Waals surface area contributed by atoms with Gasteiger partial charge in [0.05, 0.1) is 17.6 Å². The van der Waals surface area contributed by atoms with Gasteiger partial charge in [0, 0.05) is 19.0 Å². The number of piperidine rings is 1. The summed E-state index contributed by atoms with van der Waals surface area (Å²) >= 11 is 6.10. The molecule has 2 saturated carbocycles. The molecule has 6 heteroatoms. The molecular weight excluding hydrogens is 340 g/mol. The Balaban J connectivity index is 1.49. The number of alkyl halides is 1. The van der Waals surface area contributed by atoms with Crippen LogP contribution in [-0.2, 0) is 4.79 Å². The number of aliphatic hydroxyl groups is 2. The molecule has 0 bridgehead atoms. The predicted molar refractivity (Wildman–Crippen MR) is 98.2 cm³/mol. The molecule has 1 aliphatic heterocycles. The summed E-state index contributed by atoms with van der Waals surface area (Å²) < 4.78 is 0. The summed E-state index contributed by atoms with van der Waals surface area (Å²) in [5.74, 6) is 2.04. The molecule has 0 spiro atoms. The Kier molecular flexibility index (Phi) is 6.64. The Morgan fingerprint density at radius 2 is 1.76 bits per heavy atom. The monoisotopic (exact) mass is 372 g/mol. The predicted octanol–water partition coefficient (Wildman–Crippen LogP) is 1.73. The van der Waals surface area contributed by atoms with Crippen molar-refractivity contribution < 1.29 is 15.0 Å². The minimum absolute atomic E-state index is 0.110. The van der Waals surface area contributed by atoms with Crippen LogP contribution < -0.4 is 5.73 Å². The summed E-state index contributed by atoms with van der Waals surface area (Å²) in [7, 11) is 0. The van der Waals surface area contributed by atoms with E-state index in [2.05, 4.69) is 0 Å². The number of halogens is 1. The zero-order chi connectivity index (χ0) is 18.0. The molecule has 4 N–H and O–H groups in total. The number of carbonyl (C=O) groups is 1. The second kappa shape index (κ2) is 8.55. The van der Waals surface area contributed by atoms with E-state index < -0.39 is 17.6 Å². The van der Waals surface area contributed by atoms with Crippen LogP contribution in [0.25, 0.3) is 0 Å². The molecule has 3 fully saturated rings. The second-order valence-electron chi connectivity index (χ2n) is 8.43. The number of hydrogen-bond donors (Lipinski definition) is 3. The van der Waals surface area contributed by atoms with Crippen molar-refractivity contribution in [2.24, 2.45) is 29.4 Å². The first-order valence-electron chi connectivity index (χ1n) is 9.98. The summed E-state index contributed by atoms with van der Waals surface area (Å²) in [5.41, 5.74) is 5.87. The lowest BCUT2D eigenvalue weighted by Crippen LogP contribution is -2.49. The van der Waals surface area contributed by atoms with Gasteiger partial charge in [0.2, 0.25) is 5.91 Å². The van der Waals surface area contributed by atoms with Crippen molar-refractivity contribution in [3.8, 4) is 0 Å². The van der Waals surface area contributed by atoms with Crippen LogP contribution in [0.15, 0.2) is 0 Å². The van der Waals surface area contributed by atoms with Gasteiger partial charge in [0.1, 0.15) is 0 Å². The molecular formula is C19H33ClN2O3. The summed E-state index contributed by atoms with van der Waals surface area (Å²) in [6, 6.07) is 0. The van der Waals surface area contributed by atoms with Crippen LogP contribution in [0.3, 0.4) is 0 Å². The molecule has 6 atom stereocenters. The van der Waals surface area contributed by atoms with Gasteiger partial charge in [-0.15, -0.1) is 11.6 Å². The first-order valence-corrected chi connectivity index (χ1v) is 10.4. The van der Waals surface area contributed by atoms with Gasteiger partial charge in [-0.3, -0.25) is 4.79 Å². The topological polar surface area (TPSA) is 86.8 Å². The van der Waals surface area contributed by atoms with E-state index in [0.29, 0.717) is 18.8 Å². The summed E-state index contributed by atoms with van der Waals surface area (Å²) in [5, 5.41) is 19.1. The molecule has 6 unspecified atom stereocenters. The largest absolute Gasteiger partial charge is 0.390 e. The quantitative estimate of drug-likeness (QED) is 0.658. The van der Waals surface area contributed by atoms with E-state index >= 15 is 0 Å². The minimum atomic E-state index is -0.918. The molecule has 0 aromatic heterocycles. The molecule has 1 saturated heterocycles. The van der Waals surface area contributed by atoms with Crippen LogP contribution >= 0.6 is 11.6 Å². The number of aliphatic hydroxyl groups excluding tert-OH is 2. The summed E-state index contributed by atoms with van der Waals surface area (Å²) in [4.78, 5) is 14.7. The number of hydrogen-bond acceptors (Lipinski definition) is 4. The number of nitrogens with zero attached hydrogens (tertiary/aromatic N) is 1. The van der Waals surface area contributed by atoms with Gasteiger partial charge >= 0.3 is 0 Å². The zero-order valence-corrected chi connectivity index (χ0v) is 15.8. The van der Waals surface area contributed by atoms with Gasteiger partial charge in [-0.25, -0.2) is 0 Å². The lowest BCUT2D eigenvalue weighted by Gasteiger charge is -2.41. The van der Waals surface area contributed by atoms with E-state index in [1.54, 1.807) is 0 Å². The third kappa shape index (κ3) is 4.49.